The average molecular weight is 359 g/mol. The lowest BCUT2D eigenvalue weighted by molar-refractivity contribution is 0.102. The first-order chi connectivity index (χ1) is 13.2. The molecule has 1 N–H and O–H groups in total. The molecule has 0 saturated carbocycles. The predicted octanol–water partition coefficient (Wildman–Crippen LogP) is 4.05. The second-order valence-corrected chi connectivity index (χ2v) is 5.97. The van der Waals surface area contributed by atoms with Crippen molar-refractivity contribution < 1.29 is 14.3 Å². The van der Waals surface area contributed by atoms with Crippen molar-refractivity contribution in [1.29, 1.82) is 0 Å². The Kier molecular flexibility index (Phi) is 4.30. The van der Waals surface area contributed by atoms with Gasteiger partial charge in [-0.1, -0.05) is 12.1 Å². The molecule has 0 spiro atoms. The Morgan fingerprint density at radius 3 is 2.00 bits per heavy atom. The van der Waals surface area contributed by atoms with E-state index in [2.05, 4.69) is 15.3 Å². The minimum absolute atomic E-state index is 0.248. The zero-order valence-electron chi connectivity index (χ0n) is 14.9. The Morgan fingerprint density at radius 1 is 0.778 bits per heavy atom. The zero-order chi connectivity index (χ0) is 18.8. The van der Waals surface area contributed by atoms with Gasteiger partial charge in [0.2, 0.25) is 0 Å². The first-order valence-corrected chi connectivity index (χ1v) is 8.37. The van der Waals surface area contributed by atoms with Gasteiger partial charge in [0, 0.05) is 29.4 Å². The van der Waals surface area contributed by atoms with Gasteiger partial charge in [0.05, 0.1) is 36.3 Å². The van der Waals surface area contributed by atoms with Gasteiger partial charge in [0.1, 0.15) is 11.5 Å². The van der Waals surface area contributed by atoms with Crippen molar-refractivity contribution in [1.82, 2.24) is 9.97 Å². The summed E-state index contributed by atoms with van der Waals surface area (Å²) < 4.78 is 10.5. The van der Waals surface area contributed by atoms with E-state index in [1.165, 1.54) is 0 Å². The van der Waals surface area contributed by atoms with Gasteiger partial charge in [-0.15, -0.1) is 0 Å². The van der Waals surface area contributed by atoms with E-state index in [-0.39, 0.29) is 5.91 Å². The molecule has 0 fully saturated rings. The zero-order valence-corrected chi connectivity index (χ0v) is 14.9. The summed E-state index contributed by atoms with van der Waals surface area (Å²) in [5, 5.41) is 2.86. The number of benzene rings is 3. The maximum absolute atomic E-state index is 12.7. The quantitative estimate of drug-likeness (QED) is 0.557. The highest BCUT2D eigenvalue weighted by atomic mass is 16.5. The van der Waals surface area contributed by atoms with Crippen LogP contribution in [0.2, 0.25) is 0 Å². The molecule has 0 radical (unpaired) electrons. The molecule has 3 aromatic carbocycles. The third kappa shape index (κ3) is 3.37. The Bertz CT molecular complexity index is 1140. The number of carbonyl (C=O) groups excluding carboxylic acids is 1. The van der Waals surface area contributed by atoms with Gasteiger partial charge in [-0.3, -0.25) is 4.79 Å². The summed E-state index contributed by atoms with van der Waals surface area (Å²) in [7, 11) is 3.12. The van der Waals surface area contributed by atoms with E-state index < -0.39 is 0 Å². The van der Waals surface area contributed by atoms with Gasteiger partial charge >= 0.3 is 0 Å². The van der Waals surface area contributed by atoms with Gasteiger partial charge in [-0.25, -0.2) is 9.97 Å². The molecule has 6 heteroatoms. The fourth-order valence-electron chi connectivity index (χ4n) is 2.84. The van der Waals surface area contributed by atoms with Crippen molar-refractivity contribution in [2.45, 2.75) is 0 Å². The van der Waals surface area contributed by atoms with Crippen LogP contribution < -0.4 is 14.8 Å². The molecular formula is C21H17N3O3. The Labute approximate surface area is 155 Å². The second-order valence-electron chi connectivity index (χ2n) is 5.97. The lowest BCUT2D eigenvalue weighted by Gasteiger charge is -2.10. The van der Waals surface area contributed by atoms with E-state index in [0.29, 0.717) is 28.3 Å². The van der Waals surface area contributed by atoms with Gasteiger partial charge in [-0.2, -0.15) is 0 Å². The first kappa shape index (κ1) is 16.8. The van der Waals surface area contributed by atoms with Gasteiger partial charge in [0.25, 0.3) is 5.91 Å². The van der Waals surface area contributed by atoms with Crippen LogP contribution in [-0.4, -0.2) is 30.1 Å². The van der Waals surface area contributed by atoms with Crippen molar-refractivity contribution in [3.8, 4) is 11.5 Å². The normalized spacial score (nSPS) is 10.7. The molecule has 0 saturated heterocycles. The van der Waals surface area contributed by atoms with Gasteiger partial charge in [-0.05, 0) is 30.3 Å². The van der Waals surface area contributed by atoms with Crippen LogP contribution in [0.25, 0.3) is 22.1 Å². The predicted molar refractivity (Wildman–Crippen MR) is 105 cm³/mol. The summed E-state index contributed by atoms with van der Waals surface area (Å²) in [6.07, 6.45) is 0. The molecule has 0 aliphatic rings. The van der Waals surface area contributed by atoms with E-state index >= 15 is 0 Å². The minimum atomic E-state index is -0.248. The van der Waals surface area contributed by atoms with Crippen LogP contribution >= 0.6 is 0 Å². The number of anilines is 1. The molecule has 6 nitrogen and oxygen atoms in total. The molecule has 0 atom stereocenters. The molecule has 27 heavy (non-hydrogen) atoms. The maximum atomic E-state index is 12.7. The molecule has 1 aromatic heterocycles. The number of hydrogen-bond donors (Lipinski definition) is 1. The smallest absolute Gasteiger partial charge is 0.255 e. The number of amides is 1. The molecule has 134 valence electrons. The number of aromatic nitrogens is 2. The highest BCUT2D eigenvalue weighted by Crippen LogP contribution is 2.26. The van der Waals surface area contributed by atoms with Crippen LogP contribution in [0.3, 0.4) is 0 Å². The average Bonchev–Trinajstić information content (AvgIpc) is 2.71. The van der Waals surface area contributed by atoms with Gasteiger partial charge in [0.15, 0.2) is 0 Å². The second kappa shape index (κ2) is 6.92. The Hall–Kier alpha value is -3.67. The van der Waals surface area contributed by atoms with Gasteiger partial charge < -0.3 is 14.8 Å². The molecule has 0 aliphatic carbocycles. The number of methoxy groups -OCH3 is 2. The fourth-order valence-corrected chi connectivity index (χ4v) is 2.84. The molecule has 4 aromatic rings. The monoisotopic (exact) mass is 359 g/mol. The van der Waals surface area contributed by atoms with Crippen molar-refractivity contribution in [3.05, 3.63) is 66.2 Å². The topological polar surface area (TPSA) is 73.3 Å². The molecular weight excluding hydrogens is 342 g/mol. The fraction of sp³-hybridized carbons (Fsp3) is 0.0952. The molecule has 0 bridgehead atoms. The number of ether oxygens (including phenoxy) is 2. The molecule has 0 aliphatic heterocycles. The number of hydrogen-bond acceptors (Lipinski definition) is 5. The number of fused-ring (bicyclic) bond motifs is 2. The lowest BCUT2D eigenvalue weighted by Crippen LogP contribution is -2.12. The number of para-hydroxylation sites is 2. The van der Waals surface area contributed by atoms with Crippen LogP contribution in [0.5, 0.6) is 11.5 Å². The third-order valence-electron chi connectivity index (χ3n) is 4.21. The van der Waals surface area contributed by atoms with E-state index in [0.717, 1.165) is 16.6 Å². The molecule has 1 heterocycles. The highest BCUT2D eigenvalue weighted by molar-refractivity contribution is 6.06. The summed E-state index contributed by atoms with van der Waals surface area (Å²) in [6.45, 7) is 0. The summed E-state index contributed by atoms with van der Waals surface area (Å²) in [5.41, 5.74) is 4.11. The SMILES string of the molecule is COc1cc(NC(=O)c2ccc3nc4ccccc4nc3c2)cc(OC)c1. The standard InChI is InChI=1S/C21H17N3O3/c1-26-15-10-14(11-16(12-15)27-2)22-21(25)13-7-8-19-20(9-13)24-18-6-4-3-5-17(18)23-19/h3-12H,1-2H3,(H,22,25). The summed E-state index contributed by atoms with van der Waals surface area (Å²) in [4.78, 5) is 21.9. The Balaban J connectivity index is 1.67. The van der Waals surface area contributed by atoms with E-state index in [1.54, 1.807) is 50.6 Å². The van der Waals surface area contributed by atoms with Crippen molar-refractivity contribution in [2.75, 3.05) is 19.5 Å². The van der Waals surface area contributed by atoms with Crippen molar-refractivity contribution in [3.63, 3.8) is 0 Å². The van der Waals surface area contributed by atoms with Crippen molar-refractivity contribution >= 4 is 33.7 Å². The first-order valence-electron chi connectivity index (χ1n) is 8.37. The molecule has 1 amide bonds. The molecule has 4 rings (SSSR count). The highest BCUT2D eigenvalue weighted by Gasteiger charge is 2.11. The van der Waals surface area contributed by atoms with Crippen LogP contribution in [0.4, 0.5) is 5.69 Å². The van der Waals surface area contributed by atoms with E-state index in [9.17, 15) is 4.79 Å². The molecule has 0 unspecified atom stereocenters. The summed E-state index contributed by atoms with van der Waals surface area (Å²) in [5.74, 6) is 0.947. The van der Waals surface area contributed by atoms with Crippen LogP contribution in [0, 0.1) is 0 Å². The third-order valence-corrected chi connectivity index (χ3v) is 4.21. The largest absolute Gasteiger partial charge is 0.497 e. The number of carbonyl (C=O) groups is 1. The summed E-state index contributed by atoms with van der Waals surface area (Å²) in [6, 6.07) is 18.1. The lowest BCUT2D eigenvalue weighted by atomic mass is 10.1. The van der Waals surface area contributed by atoms with Crippen molar-refractivity contribution in [2.24, 2.45) is 0 Å². The number of nitrogens with one attached hydrogen (secondary N) is 1. The van der Waals surface area contributed by atoms with Crippen LogP contribution in [0.15, 0.2) is 60.7 Å². The maximum Gasteiger partial charge on any atom is 0.255 e. The Morgan fingerprint density at radius 2 is 1.37 bits per heavy atom. The van der Waals surface area contributed by atoms with Crippen LogP contribution in [0.1, 0.15) is 10.4 Å². The van der Waals surface area contributed by atoms with Crippen LogP contribution in [-0.2, 0) is 0 Å². The number of nitrogens with zero attached hydrogens (tertiary/aromatic N) is 2. The summed E-state index contributed by atoms with van der Waals surface area (Å²) >= 11 is 0. The van der Waals surface area contributed by atoms with E-state index in [1.807, 2.05) is 24.3 Å². The van der Waals surface area contributed by atoms with E-state index in [4.69, 9.17) is 9.47 Å². The number of rotatable bonds is 4. The minimum Gasteiger partial charge on any atom is -0.497 e.